The van der Waals surface area contributed by atoms with E-state index in [0.29, 0.717) is 0 Å². The molecule has 0 atom stereocenters. The summed E-state index contributed by atoms with van der Waals surface area (Å²) >= 11 is 0. The molecule has 0 saturated carbocycles. The van der Waals surface area contributed by atoms with Gasteiger partial charge in [-0.05, 0) is 164 Å². The van der Waals surface area contributed by atoms with Crippen LogP contribution >= 0.6 is 0 Å². The second-order valence-corrected chi connectivity index (χ2v) is 40.4. The fourth-order valence-electron chi connectivity index (χ4n) is 17.1. The first-order chi connectivity index (χ1) is 56.0. The van der Waals surface area contributed by atoms with Crippen LogP contribution in [0.15, 0.2) is 183 Å². The maximum atomic E-state index is 5.37. The molecule has 8 aromatic carbocycles. The third-order valence-corrected chi connectivity index (χ3v) is 23.6. The molecule has 0 N–H and O–H groups in total. The molecule has 0 amide bonds. The van der Waals surface area contributed by atoms with Crippen molar-refractivity contribution in [3.63, 3.8) is 0 Å². The predicted octanol–water partition coefficient (Wildman–Crippen LogP) is 27.1. The van der Waals surface area contributed by atoms with Crippen LogP contribution in [-0.4, -0.2) is 57.5 Å². The van der Waals surface area contributed by atoms with Gasteiger partial charge in [0, 0.05) is 149 Å². The summed E-state index contributed by atoms with van der Waals surface area (Å²) in [5.74, 6) is 0. The Bertz CT molecular complexity index is 7580. The van der Waals surface area contributed by atoms with Gasteiger partial charge in [-0.15, -0.1) is 72.8 Å². The van der Waals surface area contributed by atoms with Crippen LogP contribution in [0, 0.1) is 58.9 Å². The smallest absolute Gasteiger partial charge is 0.128 e. The van der Waals surface area contributed by atoms with Crippen LogP contribution in [0.4, 0.5) is 0 Å². The van der Waals surface area contributed by atoms with E-state index < -0.39 is 0 Å². The first-order valence-electron chi connectivity index (χ1n) is 41.9. The summed E-state index contributed by atoms with van der Waals surface area (Å²) in [6.07, 6.45) is 8.90. The Morgan fingerprint density at radius 3 is 1.05 bits per heavy atom. The Kier molecular flexibility index (Phi) is 24.4. The molecule has 0 fully saturated rings. The van der Waals surface area contributed by atoms with Crippen molar-refractivity contribution in [2.75, 3.05) is 0 Å². The van der Waals surface area contributed by atoms with Crippen molar-refractivity contribution in [2.45, 2.75) is 218 Å². The Morgan fingerprint density at radius 1 is 0.268 bits per heavy atom. The number of hydrogen-bond acceptors (Lipinski definition) is 8. The van der Waals surface area contributed by atoms with Gasteiger partial charge in [-0.25, -0.2) is 0 Å². The minimum absolute atomic E-state index is 0. The van der Waals surface area contributed by atoms with Gasteiger partial charge in [0.2, 0.25) is 0 Å². The van der Waals surface area contributed by atoms with Gasteiger partial charge < -0.3 is 27.6 Å². The van der Waals surface area contributed by atoms with Crippen LogP contribution in [0.3, 0.4) is 0 Å². The average Bonchev–Trinajstić information content (AvgIpc) is 1.61. The maximum absolute atomic E-state index is 5.37. The zero-order valence-corrected chi connectivity index (χ0v) is 85.1. The quantitative estimate of drug-likeness (QED) is 0.118. The van der Waals surface area contributed by atoms with Crippen LogP contribution in [0.5, 0.6) is 0 Å². The van der Waals surface area contributed by atoms with Crippen molar-refractivity contribution in [3.8, 4) is 11.1 Å². The predicted molar refractivity (Wildman–Crippen MR) is 500 cm³/mol. The normalized spacial score (nSPS) is 12.5. The van der Waals surface area contributed by atoms with Crippen LogP contribution in [0.2, 0.25) is 0 Å². The zero-order valence-electron chi connectivity index (χ0n) is 75.5. The molecule has 12 heterocycles. The molecule has 123 heavy (non-hydrogen) atoms. The van der Waals surface area contributed by atoms with Crippen LogP contribution < -0.4 is 0 Å². The summed E-state index contributed by atoms with van der Waals surface area (Å²) in [5.41, 5.74) is 33.0. The number of nitrogens with zero attached hydrogens (tertiary/aromatic N) is 12. The number of hydrogen-bond donors (Lipinski definition) is 0. The molecule has 0 unspecified atom stereocenters. The van der Waals surface area contributed by atoms with E-state index in [1.165, 1.54) is 66.4 Å². The second kappa shape index (κ2) is 32.8. The molecule has 20 aromatic rings. The van der Waals surface area contributed by atoms with Crippen LogP contribution in [0.25, 0.3) is 154 Å². The van der Waals surface area contributed by atoms with Crippen LogP contribution in [0.1, 0.15) is 213 Å². The van der Waals surface area contributed by atoms with E-state index in [-0.39, 0.29) is 118 Å². The van der Waals surface area contributed by atoms with E-state index in [1.54, 1.807) is 0 Å². The van der Waals surface area contributed by atoms with Gasteiger partial charge in [0.05, 0.1) is 44.8 Å². The van der Waals surface area contributed by atoms with E-state index in [1.807, 2.05) is 36.4 Å². The summed E-state index contributed by atoms with van der Waals surface area (Å²) in [7, 11) is 0. The topological polar surface area (TPSA) is 121 Å². The molecule has 16 heteroatoms. The van der Waals surface area contributed by atoms with E-state index in [2.05, 4.69) is 368 Å². The maximum Gasteiger partial charge on any atom is 0.128 e. The number of aryl methyl sites for hydroxylation is 5. The Labute approximate surface area is 776 Å². The summed E-state index contributed by atoms with van der Waals surface area (Å²) < 4.78 is 8.89. The van der Waals surface area contributed by atoms with Crippen molar-refractivity contribution in [2.24, 2.45) is 0 Å². The average molecular weight is 2330 g/mol. The molecule has 12 aromatic heterocycles. The Hall–Kier alpha value is -9.42. The molecule has 0 saturated heterocycles. The largest absolute Gasteiger partial charge is 0.307 e. The number of aromatic nitrogens is 12. The third-order valence-electron chi connectivity index (χ3n) is 23.6. The molecule has 0 spiro atoms. The Balaban J connectivity index is 0.000000141. The van der Waals surface area contributed by atoms with Crippen molar-refractivity contribution in [1.82, 2.24) is 57.5 Å². The van der Waals surface area contributed by atoms with Crippen molar-refractivity contribution < 1.29 is 80.4 Å². The first-order valence-corrected chi connectivity index (χ1v) is 41.9. The summed E-state index contributed by atoms with van der Waals surface area (Å²) in [6.45, 7) is 57.7. The molecule has 20 rings (SSSR count). The summed E-state index contributed by atoms with van der Waals surface area (Å²) in [5, 5.41) is 11.0. The number of benzene rings is 8. The molecule has 0 aliphatic carbocycles. The van der Waals surface area contributed by atoms with Gasteiger partial charge in [-0.2, -0.15) is 0 Å². The van der Waals surface area contributed by atoms with E-state index in [4.69, 9.17) is 39.9 Å². The molecular weight excluding hydrogens is 2220 g/mol. The number of imidazole rings is 4. The summed E-state index contributed by atoms with van der Waals surface area (Å²) in [4.78, 5) is 40.7. The van der Waals surface area contributed by atoms with Gasteiger partial charge >= 0.3 is 0 Å². The third kappa shape index (κ3) is 16.6. The van der Waals surface area contributed by atoms with Crippen molar-refractivity contribution >= 4 is 143 Å². The monoisotopic (exact) mass is 2330 g/mol. The van der Waals surface area contributed by atoms with Gasteiger partial charge in [0.25, 0.3) is 0 Å². The molecule has 636 valence electrons. The standard InChI is InChI=1S/C35H36N3.C26H26N3.C24H22N3.C22H24N3.4Ir/c1-20-16-21(2)29(22(3)17-20)24-11-13-26-23(18-24)10-14-27-30(26)37-33(35(7,8)9)32-31(27)36-28-15-12-25(19-38(28)32)34(4,5)6;1-25(2,3)17-12-14-20-27-22-19-13-11-16-9-7-8-10-18(16)21(19)28-24(26(4,5)6)23(22)29(20)15-17;1-14-10-16-12-20-26-21-18-8-6-7-9-19(18)25-23(24(3,4)5)22(21)27(20)13-17(16)11-15(14)2;1-21(2,3)14-11-12-17-24-18-15-9-7-8-10-16(15)23-20(22(4,5)6)19(18)25(17)13-14;;;;/h10-13,15-19H,1-9H3;7-12,14-15H,1-6H3;6-7,9-13H,1-5H3;7-8,10-13H,1-6H3;;;;/q4*-1;;;;. The number of fused-ring (bicyclic) bond motifs is 25. The van der Waals surface area contributed by atoms with Gasteiger partial charge in [0.15, 0.2) is 0 Å². The molecular formula is C107H108Ir4N12-4. The molecule has 0 aliphatic heterocycles. The SMILES string of the molecule is CC(C)(C)c1ccc2nc3c4[c-]cc5ccccc5c4nc(C(C)(C)C)c3n2c1.CC(C)(C)c1ccc2nc3c4[c-]cccc4nc(C(C)(C)C)c3n2c1.Cc1cc(C)c(-c2ccc3c(c[c-]c4c3nc(C(C)(C)C)c3c4nc4ccc(C(C)(C)C)cn43)c2)c(C)c1.Cc1cc2cc3nc4c5[c-]cccc5nc(C(C)(C)C)c4n3cc2cc1C.[Ir].[Ir].[Ir].[Ir]. The van der Waals surface area contributed by atoms with Gasteiger partial charge in [-0.3, -0.25) is 29.9 Å². The summed E-state index contributed by atoms with van der Waals surface area (Å²) in [6, 6.07) is 69.2. The minimum Gasteiger partial charge on any atom is -0.307 e. The fraction of sp³-hybridized carbons (Fsp3) is 0.308. The van der Waals surface area contributed by atoms with E-state index in [9.17, 15) is 0 Å². The van der Waals surface area contributed by atoms with Crippen LogP contribution in [-0.2, 0) is 118 Å². The van der Waals surface area contributed by atoms with E-state index >= 15 is 0 Å². The van der Waals surface area contributed by atoms with Crippen molar-refractivity contribution in [1.29, 1.82) is 0 Å². The van der Waals surface area contributed by atoms with Gasteiger partial charge in [-0.1, -0.05) is 273 Å². The Morgan fingerprint density at radius 2 is 0.634 bits per heavy atom. The second-order valence-electron chi connectivity index (χ2n) is 40.4. The van der Waals surface area contributed by atoms with E-state index in [0.717, 1.165) is 155 Å². The fourth-order valence-corrected chi connectivity index (χ4v) is 17.1. The molecule has 0 aliphatic rings. The molecule has 0 bridgehead atoms. The van der Waals surface area contributed by atoms with Crippen molar-refractivity contribution in [3.05, 3.63) is 274 Å². The molecule has 4 radical (unpaired) electrons. The number of pyridine rings is 8. The minimum atomic E-state index is -0.154. The number of rotatable bonds is 1. The zero-order chi connectivity index (χ0) is 84.6. The first kappa shape index (κ1) is 91.3. The molecule has 12 nitrogen and oxygen atoms in total. The van der Waals surface area contributed by atoms with Gasteiger partial charge in [0.1, 0.15) is 22.6 Å².